The van der Waals surface area contributed by atoms with E-state index in [0.29, 0.717) is 5.02 Å². The zero-order valence-corrected chi connectivity index (χ0v) is 11.5. The predicted molar refractivity (Wildman–Crippen MR) is 71.5 cm³/mol. The highest BCUT2D eigenvalue weighted by Crippen LogP contribution is 2.29. The molecule has 0 aliphatic rings. The highest BCUT2D eigenvalue weighted by molar-refractivity contribution is 9.10. The summed E-state index contributed by atoms with van der Waals surface area (Å²) in [6.45, 7) is 0. The summed E-state index contributed by atoms with van der Waals surface area (Å²) in [5, 5.41) is 5.02. The summed E-state index contributed by atoms with van der Waals surface area (Å²) < 4.78 is 2.64. The molecule has 3 N–H and O–H groups in total. The molecule has 90 valence electrons. The first kappa shape index (κ1) is 12.6. The average Bonchev–Trinajstić information content (AvgIpc) is 2.69. The third kappa shape index (κ3) is 2.69. The van der Waals surface area contributed by atoms with Gasteiger partial charge in [-0.2, -0.15) is 5.10 Å². The smallest absolute Gasteiger partial charge is 0.0910 e. The van der Waals surface area contributed by atoms with E-state index >= 15 is 0 Å². The Bertz CT molecular complexity index is 526. The van der Waals surface area contributed by atoms with Crippen LogP contribution in [0.4, 0.5) is 0 Å². The van der Waals surface area contributed by atoms with Crippen molar-refractivity contribution in [1.29, 1.82) is 0 Å². The first-order valence-corrected chi connectivity index (χ1v) is 6.19. The molecule has 0 saturated heterocycles. The zero-order chi connectivity index (χ0) is 12.4. The lowest BCUT2D eigenvalue weighted by molar-refractivity contribution is 0.602. The largest absolute Gasteiger partial charge is 0.275 e. The van der Waals surface area contributed by atoms with Crippen LogP contribution in [-0.2, 0) is 7.05 Å². The van der Waals surface area contributed by atoms with Crippen LogP contribution in [0.25, 0.3) is 0 Å². The van der Waals surface area contributed by atoms with Gasteiger partial charge < -0.3 is 0 Å². The number of nitrogens with one attached hydrogen (secondary N) is 1. The van der Waals surface area contributed by atoms with Gasteiger partial charge in [-0.05, 0) is 23.8 Å². The SMILES string of the molecule is Cn1ccc(C(NN)c2ccc(Cl)cc2Br)n1. The number of benzene rings is 1. The van der Waals surface area contributed by atoms with E-state index in [1.165, 1.54) is 0 Å². The second-order valence-electron chi connectivity index (χ2n) is 3.68. The highest BCUT2D eigenvalue weighted by atomic mass is 79.9. The number of halogens is 2. The first-order valence-electron chi connectivity index (χ1n) is 5.02. The summed E-state index contributed by atoms with van der Waals surface area (Å²) in [7, 11) is 1.87. The van der Waals surface area contributed by atoms with Gasteiger partial charge in [0.25, 0.3) is 0 Å². The van der Waals surface area contributed by atoms with Crippen LogP contribution >= 0.6 is 27.5 Å². The molecule has 6 heteroatoms. The molecule has 0 bridgehead atoms. The summed E-state index contributed by atoms with van der Waals surface area (Å²) in [5.74, 6) is 5.60. The van der Waals surface area contributed by atoms with Gasteiger partial charge in [0, 0.05) is 22.7 Å². The number of hydrazine groups is 1. The molecule has 1 aromatic heterocycles. The molecule has 1 atom stereocenters. The minimum Gasteiger partial charge on any atom is -0.275 e. The van der Waals surface area contributed by atoms with Crippen LogP contribution in [0.15, 0.2) is 34.9 Å². The topological polar surface area (TPSA) is 55.9 Å². The van der Waals surface area contributed by atoms with E-state index in [9.17, 15) is 0 Å². The van der Waals surface area contributed by atoms with Crippen LogP contribution in [0.5, 0.6) is 0 Å². The Labute approximate surface area is 113 Å². The molecule has 0 aliphatic heterocycles. The molecule has 0 aliphatic carbocycles. The summed E-state index contributed by atoms with van der Waals surface area (Å²) in [4.78, 5) is 0. The fourth-order valence-corrected chi connectivity index (χ4v) is 2.57. The minimum absolute atomic E-state index is 0.164. The fraction of sp³-hybridized carbons (Fsp3) is 0.182. The van der Waals surface area contributed by atoms with Gasteiger partial charge >= 0.3 is 0 Å². The predicted octanol–water partition coefficient (Wildman–Crippen LogP) is 2.39. The Hall–Kier alpha value is -0.880. The van der Waals surface area contributed by atoms with Crippen LogP contribution in [0.3, 0.4) is 0 Å². The van der Waals surface area contributed by atoms with Gasteiger partial charge in [-0.25, -0.2) is 5.43 Å². The Morgan fingerprint density at radius 1 is 1.47 bits per heavy atom. The Morgan fingerprint density at radius 3 is 2.76 bits per heavy atom. The van der Waals surface area contributed by atoms with Crippen molar-refractivity contribution in [2.75, 3.05) is 0 Å². The molecule has 4 nitrogen and oxygen atoms in total. The van der Waals surface area contributed by atoms with Crippen molar-refractivity contribution in [2.45, 2.75) is 6.04 Å². The van der Waals surface area contributed by atoms with E-state index in [0.717, 1.165) is 15.7 Å². The number of aryl methyl sites for hydroxylation is 1. The maximum Gasteiger partial charge on any atom is 0.0910 e. The Balaban J connectivity index is 2.42. The molecule has 1 heterocycles. The number of rotatable bonds is 3. The van der Waals surface area contributed by atoms with Gasteiger partial charge in [-0.3, -0.25) is 10.5 Å². The molecule has 0 radical (unpaired) electrons. The van der Waals surface area contributed by atoms with E-state index in [2.05, 4.69) is 26.5 Å². The monoisotopic (exact) mass is 314 g/mol. The third-order valence-electron chi connectivity index (χ3n) is 2.47. The van der Waals surface area contributed by atoms with E-state index in [4.69, 9.17) is 17.4 Å². The van der Waals surface area contributed by atoms with Crippen LogP contribution in [-0.4, -0.2) is 9.78 Å². The van der Waals surface area contributed by atoms with Crippen molar-refractivity contribution < 1.29 is 0 Å². The van der Waals surface area contributed by atoms with Crippen LogP contribution < -0.4 is 11.3 Å². The van der Waals surface area contributed by atoms with Crippen molar-refractivity contribution >= 4 is 27.5 Å². The highest BCUT2D eigenvalue weighted by Gasteiger charge is 2.17. The van der Waals surface area contributed by atoms with Gasteiger partial charge in [0.1, 0.15) is 0 Å². The number of aromatic nitrogens is 2. The lowest BCUT2D eigenvalue weighted by Gasteiger charge is -2.15. The molecule has 0 amide bonds. The Kier molecular flexibility index (Phi) is 3.83. The maximum atomic E-state index is 5.91. The molecule has 2 aromatic rings. The third-order valence-corrected chi connectivity index (χ3v) is 3.39. The quantitative estimate of drug-likeness (QED) is 0.675. The van der Waals surface area contributed by atoms with Gasteiger partial charge in [0.2, 0.25) is 0 Å². The molecular formula is C11H12BrClN4. The van der Waals surface area contributed by atoms with Gasteiger partial charge in [-0.15, -0.1) is 0 Å². The molecule has 0 saturated carbocycles. The second-order valence-corrected chi connectivity index (χ2v) is 4.97. The van der Waals surface area contributed by atoms with Gasteiger partial charge in [0.05, 0.1) is 11.7 Å². The van der Waals surface area contributed by atoms with Crippen molar-refractivity contribution in [2.24, 2.45) is 12.9 Å². The lowest BCUT2D eigenvalue weighted by Crippen LogP contribution is -2.29. The first-order chi connectivity index (χ1) is 8.11. The van der Waals surface area contributed by atoms with Crippen molar-refractivity contribution in [3.8, 4) is 0 Å². The molecule has 0 fully saturated rings. The maximum absolute atomic E-state index is 5.91. The standard InChI is InChI=1S/C11H12BrClN4/c1-17-5-4-10(16-17)11(15-14)8-3-2-7(13)6-9(8)12/h2-6,11,15H,14H2,1H3. The van der Waals surface area contributed by atoms with E-state index in [1.807, 2.05) is 37.5 Å². The number of hydrogen-bond acceptors (Lipinski definition) is 3. The Morgan fingerprint density at radius 2 is 2.24 bits per heavy atom. The normalized spacial score (nSPS) is 12.7. The van der Waals surface area contributed by atoms with Gasteiger partial charge in [0.15, 0.2) is 0 Å². The van der Waals surface area contributed by atoms with Crippen LogP contribution in [0.1, 0.15) is 17.3 Å². The minimum atomic E-state index is -0.164. The summed E-state index contributed by atoms with van der Waals surface area (Å²) in [6.07, 6.45) is 1.88. The van der Waals surface area contributed by atoms with Crippen molar-refractivity contribution in [3.63, 3.8) is 0 Å². The summed E-state index contributed by atoms with van der Waals surface area (Å²) in [6, 6.07) is 7.35. The van der Waals surface area contributed by atoms with Crippen LogP contribution in [0, 0.1) is 0 Å². The second kappa shape index (κ2) is 5.18. The van der Waals surface area contributed by atoms with Gasteiger partial charge in [-0.1, -0.05) is 33.6 Å². The van der Waals surface area contributed by atoms with E-state index in [1.54, 1.807) is 4.68 Å². The molecule has 17 heavy (non-hydrogen) atoms. The fourth-order valence-electron chi connectivity index (χ4n) is 1.66. The lowest BCUT2D eigenvalue weighted by atomic mass is 10.0. The molecule has 0 spiro atoms. The van der Waals surface area contributed by atoms with E-state index < -0.39 is 0 Å². The number of nitrogens with two attached hydrogens (primary N) is 1. The van der Waals surface area contributed by atoms with Crippen LogP contribution in [0.2, 0.25) is 5.02 Å². The molecular weight excluding hydrogens is 304 g/mol. The van der Waals surface area contributed by atoms with Crippen molar-refractivity contribution in [3.05, 3.63) is 51.2 Å². The van der Waals surface area contributed by atoms with E-state index in [-0.39, 0.29) is 6.04 Å². The zero-order valence-electron chi connectivity index (χ0n) is 9.19. The molecule has 2 rings (SSSR count). The molecule has 1 unspecified atom stereocenters. The average molecular weight is 316 g/mol. The summed E-state index contributed by atoms with van der Waals surface area (Å²) >= 11 is 9.39. The van der Waals surface area contributed by atoms with Crippen molar-refractivity contribution in [1.82, 2.24) is 15.2 Å². The number of hydrogen-bond donors (Lipinski definition) is 2. The molecule has 1 aromatic carbocycles. The summed E-state index contributed by atoms with van der Waals surface area (Å²) in [5.41, 5.74) is 4.61. The number of nitrogens with zero attached hydrogens (tertiary/aromatic N) is 2.